The lowest BCUT2D eigenvalue weighted by Gasteiger charge is -2.15. The zero-order valence-corrected chi connectivity index (χ0v) is 11.1. The van der Waals surface area contributed by atoms with Crippen molar-refractivity contribution in [3.05, 3.63) is 57.8 Å². The molecule has 106 valence electrons. The Labute approximate surface area is 120 Å². The molecule has 0 aliphatic heterocycles. The number of aryl methyl sites for hydroxylation is 1. The van der Waals surface area contributed by atoms with Crippen molar-refractivity contribution in [2.75, 3.05) is 0 Å². The molecule has 0 bridgehead atoms. The molecule has 1 aromatic heterocycles. The van der Waals surface area contributed by atoms with Gasteiger partial charge in [0.25, 0.3) is 5.69 Å². The molecule has 6 nitrogen and oxygen atoms in total. The van der Waals surface area contributed by atoms with Crippen LogP contribution in [-0.2, 0) is 6.42 Å². The summed E-state index contributed by atoms with van der Waals surface area (Å²) in [5.41, 5.74) is 1.65. The molecule has 0 radical (unpaired) electrons. The number of hydrogen-bond acceptors (Lipinski definition) is 5. The molecule has 0 amide bonds. The number of nitrogens with zero attached hydrogens (tertiary/aromatic N) is 2. The maximum absolute atomic E-state index is 11.7. The first-order valence-corrected chi connectivity index (χ1v) is 6.58. The van der Waals surface area contributed by atoms with E-state index in [2.05, 4.69) is 4.98 Å². The highest BCUT2D eigenvalue weighted by molar-refractivity contribution is 5.98. The summed E-state index contributed by atoms with van der Waals surface area (Å²) in [6, 6.07) is 8.09. The SMILES string of the molecule is O=C1CCCc2cc(Oc3ccc([N+](=O)[O-])cn3)ccc21. The molecule has 1 aliphatic rings. The lowest BCUT2D eigenvalue weighted by Crippen LogP contribution is -2.10. The molecule has 3 rings (SSSR count). The molecule has 0 saturated carbocycles. The Bertz CT molecular complexity index is 710. The van der Waals surface area contributed by atoms with Gasteiger partial charge in [-0.25, -0.2) is 4.98 Å². The van der Waals surface area contributed by atoms with E-state index in [0.29, 0.717) is 12.2 Å². The summed E-state index contributed by atoms with van der Waals surface area (Å²) in [6.07, 6.45) is 3.45. The van der Waals surface area contributed by atoms with Gasteiger partial charge in [0, 0.05) is 24.1 Å². The molecule has 0 saturated heterocycles. The number of pyridine rings is 1. The second-order valence-electron chi connectivity index (χ2n) is 4.81. The van der Waals surface area contributed by atoms with Crippen molar-refractivity contribution in [1.29, 1.82) is 0 Å². The minimum absolute atomic E-state index is 0.0848. The van der Waals surface area contributed by atoms with E-state index < -0.39 is 4.92 Å². The van der Waals surface area contributed by atoms with Crippen LogP contribution in [-0.4, -0.2) is 15.7 Å². The summed E-state index contributed by atoms with van der Waals surface area (Å²) in [7, 11) is 0. The second kappa shape index (κ2) is 5.32. The quantitative estimate of drug-likeness (QED) is 0.638. The number of Topliss-reactive ketones (excluding diaryl/α,β-unsaturated/α-hetero) is 1. The second-order valence-corrected chi connectivity index (χ2v) is 4.81. The van der Waals surface area contributed by atoms with Crippen LogP contribution in [0.25, 0.3) is 0 Å². The lowest BCUT2D eigenvalue weighted by molar-refractivity contribution is -0.385. The molecule has 1 aliphatic carbocycles. The summed E-state index contributed by atoms with van der Waals surface area (Å²) in [5, 5.41) is 10.6. The van der Waals surface area contributed by atoms with Crippen LogP contribution < -0.4 is 4.74 Å². The fourth-order valence-electron chi connectivity index (χ4n) is 2.35. The van der Waals surface area contributed by atoms with Crippen LogP contribution in [0.3, 0.4) is 0 Å². The van der Waals surface area contributed by atoms with Gasteiger partial charge >= 0.3 is 0 Å². The van der Waals surface area contributed by atoms with E-state index in [9.17, 15) is 14.9 Å². The number of hydrogen-bond donors (Lipinski definition) is 0. The predicted molar refractivity (Wildman–Crippen MR) is 74.7 cm³/mol. The summed E-state index contributed by atoms with van der Waals surface area (Å²) < 4.78 is 5.57. The summed E-state index contributed by atoms with van der Waals surface area (Å²) >= 11 is 0. The predicted octanol–water partition coefficient (Wildman–Crippen LogP) is 3.30. The fraction of sp³-hybridized carbons (Fsp3) is 0.200. The van der Waals surface area contributed by atoms with Gasteiger partial charge in [0.1, 0.15) is 11.9 Å². The zero-order chi connectivity index (χ0) is 14.8. The van der Waals surface area contributed by atoms with Crippen molar-refractivity contribution in [3.8, 4) is 11.6 Å². The largest absolute Gasteiger partial charge is 0.439 e. The first-order valence-electron chi connectivity index (χ1n) is 6.58. The molecule has 1 heterocycles. The Morgan fingerprint density at radius 2 is 2.05 bits per heavy atom. The number of ether oxygens (including phenoxy) is 1. The maximum Gasteiger partial charge on any atom is 0.287 e. The maximum atomic E-state index is 11.7. The van der Waals surface area contributed by atoms with Gasteiger partial charge in [-0.3, -0.25) is 14.9 Å². The van der Waals surface area contributed by atoms with Crippen LogP contribution in [0.15, 0.2) is 36.5 Å². The Morgan fingerprint density at radius 3 is 2.76 bits per heavy atom. The van der Waals surface area contributed by atoms with Crippen LogP contribution in [0.1, 0.15) is 28.8 Å². The van der Waals surface area contributed by atoms with Crippen LogP contribution >= 0.6 is 0 Å². The van der Waals surface area contributed by atoms with Crippen LogP contribution in [0.2, 0.25) is 0 Å². The molecule has 2 aromatic rings. The molecular formula is C15H12N2O4. The van der Waals surface area contributed by atoms with Crippen molar-refractivity contribution in [2.45, 2.75) is 19.3 Å². The number of carbonyl (C=O) groups excluding carboxylic acids is 1. The van der Waals surface area contributed by atoms with Crippen LogP contribution in [0, 0.1) is 10.1 Å². The number of rotatable bonds is 3. The van der Waals surface area contributed by atoms with Gasteiger partial charge in [0.05, 0.1) is 4.92 Å². The smallest absolute Gasteiger partial charge is 0.287 e. The van der Waals surface area contributed by atoms with E-state index in [-0.39, 0.29) is 17.4 Å². The number of fused-ring (bicyclic) bond motifs is 1. The zero-order valence-electron chi connectivity index (χ0n) is 11.1. The number of benzene rings is 1. The highest BCUT2D eigenvalue weighted by Crippen LogP contribution is 2.28. The molecule has 6 heteroatoms. The number of aromatic nitrogens is 1. The fourth-order valence-corrected chi connectivity index (χ4v) is 2.35. The van der Waals surface area contributed by atoms with Gasteiger partial charge in [-0.15, -0.1) is 0 Å². The van der Waals surface area contributed by atoms with Gasteiger partial charge in [-0.1, -0.05) is 0 Å². The third kappa shape index (κ3) is 2.74. The van der Waals surface area contributed by atoms with E-state index in [1.165, 1.54) is 12.1 Å². The molecule has 0 unspecified atom stereocenters. The standard InChI is InChI=1S/C15H12N2O4/c18-14-3-1-2-10-8-12(5-6-13(10)14)21-15-7-4-11(9-16-15)17(19)20/h4-9H,1-3H2. The summed E-state index contributed by atoms with van der Waals surface area (Å²) in [4.78, 5) is 25.7. The van der Waals surface area contributed by atoms with Crippen LogP contribution in [0.5, 0.6) is 11.6 Å². The Balaban J connectivity index is 1.82. The lowest BCUT2D eigenvalue weighted by atomic mass is 9.91. The van der Waals surface area contributed by atoms with E-state index in [0.717, 1.165) is 30.2 Å². The van der Waals surface area contributed by atoms with Gasteiger partial charge in [0.2, 0.25) is 5.88 Å². The van der Waals surface area contributed by atoms with Crippen molar-refractivity contribution in [3.63, 3.8) is 0 Å². The minimum atomic E-state index is -0.513. The van der Waals surface area contributed by atoms with Gasteiger partial charge in [-0.2, -0.15) is 0 Å². The Kier molecular flexibility index (Phi) is 3.35. The normalized spacial score (nSPS) is 13.6. The first kappa shape index (κ1) is 13.2. The Morgan fingerprint density at radius 1 is 1.19 bits per heavy atom. The first-order chi connectivity index (χ1) is 10.1. The van der Waals surface area contributed by atoms with E-state index in [1.807, 2.05) is 6.07 Å². The third-order valence-corrected chi connectivity index (χ3v) is 3.38. The van der Waals surface area contributed by atoms with Gasteiger partial charge in [0.15, 0.2) is 5.78 Å². The third-order valence-electron chi connectivity index (χ3n) is 3.38. The average Bonchev–Trinajstić information content (AvgIpc) is 2.48. The van der Waals surface area contributed by atoms with Gasteiger partial charge < -0.3 is 4.74 Å². The molecular weight excluding hydrogens is 272 g/mol. The van der Waals surface area contributed by atoms with E-state index in [1.54, 1.807) is 12.1 Å². The monoisotopic (exact) mass is 284 g/mol. The molecule has 0 atom stereocenters. The van der Waals surface area contributed by atoms with Crippen molar-refractivity contribution >= 4 is 11.5 Å². The topological polar surface area (TPSA) is 82.3 Å². The van der Waals surface area contributed by atoms with E-state index >= 15 is 0 Å². The number of ketones is 1. The number of carbonyl (C=O) groups is 1. The highest BCUT2D eigenvalue weighted by Gasteiger charge is 2.17. The molecule has 0 N–H and O–H groups in total. The van der Waals surface area contributed by atoms with E-state index in [4.69, 9.17) is 4.74 Å². The van der Waals surface area contributed by atoms with Crippen LogP contribution in [0.4, 0.5) is 5.69 Å². The van der Waals surface area contributed by atoms with Crippen molar-refractivity contribution < 1.29 is 14.5 Å². The number of nitro groups is 1. The highest BCUT2D eigenvalue weighted by atomic mass is 16.6. The van der Waals surface area contributed by atoms with Crippen molar-refractivity contribution in [2.24, 2.45) is 0 Å². The van der Waals surface area contributed by atoms with Gasteiger partial charge in [-0.05, 0) is 36.6 Å². The molecule has 0 fully saturated rings. The summed E-state index contributed by atoms with van der Waals surface area (Å²) in [5.74, 6) is 1.02. The average molecular weight is 284 g/mol. The Hall–Kier alpha value is -2.76. The summed E-state index contributed by atoms with van der Waals surface area (Å²) in [6.45, 7) is 0. The minimum Gasteiger partial charge on any atom is -0.439 e. The molecule has 1 aromatic carbocycles. The molecule has 0 spiro atoms. The molecule has 21 heavy (non-hydrogen) atoms. The van der Waals surface area contributed by atoms with Crippen molar-refractivity contribution in [1.82, 2.24) is 4.98 Å².